The topological polar surface area (TPSA) is 59.9 Å². The fraction of sp³-hybridized carbons (Fsp3) is 0.400. The van der Waals surface area contributed by atoms with Crippen LogP contribution in [0, 0.1) is 0 Å². The van der Waals surface area contributed by atoms with Gasteiger partial charge in [-0.05, 0) is 28.4 Å². The number of hydrogen-bond donors (Lipinski definition) is 0. The summed E-state index contributed by atoms with van der Waals surface area (Å²) in [6.07, 6.45) is 3.13. The molecule has 0 aliphatic carbocycles. The van der Waals surface area contributed by atoms with E-state index in [4.69, 9.17) is 0 Å². The number of aromatic nitrogens is 2. The summed E-state index contributed by atoms with van der Waals surface area (Å²) in [6.45, 7) is 1.96. The van der Waals surface area contributed by atoms with Crippen LogP contribution in [0.5, 0.6) is 0 Å². The quantitative estimate of drug-likeness (QED) is 0.862. The molecule has 0 fully saturated rings. The van der Waals surface area contributed by atoms with Crippen LogP contribution in [0.3, 0.4) is 0 Å². The van der Waals surface area contributed by atoms with Crippen LogP contribution in [0.4, 0.5) is 0 Å². The monoisotopic (exact) mass is 334 g/mol. The first-order valence-corrected chi connectivity index (χ1v) is 8.44. The van der Waals surface area contributed by atoms with E-state index in [0.29, 0.717) is 12.1 Å². The molecule has 2 aromatic heterocycles. The first kappa shape index (κ1) is 12.9. The molecule has 0 radical (unpaired) electrons. The van der Waals surface area contributed by atoms with E-state index in [1.165, 1.54) is 11.3 Å². The first-order valence-electron chi connectivity index (χ1n) is 5.18. The molecule has 0 unspecified atom stereocenters. The second-order valence-electron chi connectivity index (χ2n) is 3.63. The Labute approximate surface area is 112 Å². The maximum absolute atomic E-state index is 12.0. The molecule has 0 spiro atoms. The van der Waals surface area contributed by atoms with Gasteiger partial charge in [0.05, 0.1) is 10.5 Å². The van der Waals surface area contributed by atoms with Crippen molar-refractivity contribution in [1.29, 1.82) is 0 Å². The Morgan fingerprint density at radius 2 is 2.24 bits per heavy atom. The second kappa shape index (κ2) is 4.99. The number of rotatable bonds is 4. The van der Waals surface area contributed by atoms with Gasteiger partial charge in [-0.3, -0.25) is 0 Å². The highest BCUT2D eigenvalue weighted by atomic mass is 79.9. The molecule has 92 valence electrons. The van der Waals surface area contributed by atoms with E-state index in [-0.39, 0.29) is 10.1 Å². The van der Waals surface area contributed by atoms with Crippen molar-refractivity contribution < 1.29 is 8.42 Å². The summed E-state index contributed by atoms with van der Waals surface area (Å²) in [6, 6.07) is 1.83. The fourth-order valence-corrected chi connectivity index (χ4v) is 4.61. The summed E-state index contributed by atoms with van der Waals surface area (Å²) in [4.78, 5) is 8.16. The SMILES string of the molecule is CCCCS(=O)(=O)c1nc2ncc(Br)cc2s1. The molecule has 2 heterocycles. The largest absolute Gasteiger partial charge is 0.235 e. The number of halogens is 1. The number of nitrogens with zero attached hydrogens (tertiary/aromatic N) is 2. The van der Waals surface area contributed by atoms with Crippen molar-refractivity contribution in [2.45, 2.75) is 24.1 Å². The molecule has 0 aliphatic heterocycles. The van der Waals surface area contributed by atoms with Crippen molar-refractivity contribution in [2.75, 3.05) is 5.75 Å². The summed E-state index contributed by atoms with van der Waals surface area (Å²) >= 11 is 4.48. The van der Waals surface area contributed by atoms with Crippen molar-refractivity contribution >= 4 is 47.5 Å². The average molecular weight is 335 g/mol. The van der Waals surface area contributed by atoms with E-state index in [0.717, 1.165) is 15.6 Å². The normalized spacial score (nSPS) is 12.1. The summed E-state index contributed by atoms with van der Waals surface area (Å²) in [5.41, 5.74) is 0.494. The molecule has 7 heteroatoms. The van der Waals surface area contributed by atoms with E-state index >= 15 is 0 Å². The number of unbranched alkanes of at least 4 members (excludes halogenated alkanes) is 1. The van der Waals surface area contributed by atoms with Gasteiger partial charge in [0.25, 0.3) is 0 Å². The van der Waals surface area contributed by atoms with Gasteiger partial charge in [0.1, 0.15) is 0 Å². The van der Waals surface area contributed by atoms with E-state index in [1.54, 1.807) is 6.20 Å². The molecule has 0 bridgehead atoms. The third kappa shape index (κ3) is 2.83. The van der Waals surface area contributed by atoms with Crippen molar-refractivity contribution in [3.63, 3.8) is 0 Å². The molecular weight excluding hydrogens is 324 g/mol. The minimum atomic E-state index is -3.25. The predicted octanol–water partition coefficient (Wildman–Crippen LogP) is 3.03. The van der Waals surface area contributed by atoms with Crippen LogP contribution in [0.25, 0.3) is 10.3 Å². The van der Waals surface area contributed by atoms with E-state index < -0.39 is 9.84 Å². The smallest absolute Gasteiger partial charge is 0.211 e. The molecule has 17 heavy (non-hydrogen) atoms. The maximum atomic E-state index is 12.0. The molecule has 0 saturated heterocycles. The Bertz CT molecular complexity index is 637. The van der Waals surface area contributed by atoms with Crippen LogP contribution in [0.15, 0.2) is 21.1 Å². The molecule has 2 rings (SSSR count). The number of fused-ring (bicyclic) bond motifs is 1. The third-order valence-corrected chi connectivity index (χ3v) is 5.91. The Morgan fingerprint density at radius 3 is 2.94 bits per heavy atom. The molecule has 0 saturated carbocycles. The van der Waals surface area contributed by atoms with Gasteiger partial charge in [-0.15, -0.1) is 11.3 Å². The van der Waals surface area contributed by atoms with Crippen LogP contribution in [-0.4, -0.2) is 24.1 Å². The average Bonchev–Trinajstić information content (AvgIpc) is 2.70. The van der Waals surface area contributed by atoms with Crippen molar-refractivity contribution in [2.24, 2.45) is 0 Å². The molecule has 4 nitrogen and oxygen atoms in total. The van der Waals surface area contributed by atoms with Crippen LogP contribution < -0.4 is 0 Å². The van der Waals surface area contributed by atoms with Crippen LogP contribution in [0.2, 0.25) is 0 Å². The van der Waals surface area contributed by atoms with Gasteiger partial charge in [-0.25, -0.2) is 18.4 Å². The van der Waals surface area contributed by atoms with Gasteiger partial charge in [-0.1, -0.05) is 13.3 Å². The van der Waals surface area contributed by atoms with Crippen LogP contribution in [-0.2, 0) is 9.84 Å². The van der Waals surface area contributed by atoms with Gasteiger partial charge >= 0.3 is 0 Å². The minimum Gasteiger partial charge on any atom is -0.235 e. The van der Waals surface area contributed by atoms with Gasteiger partial charge in [0, 0.05) is 10.7 Å². The van der Waals surface area contributed by atoms with Crippen molar-refractivity contribution in [3.8, 4) is 0 Å². The van der Waals surface area contributed by atoms with Crippen LogP contribution in [0.1, 0.15) is 19.8 Å². The Balaban J connectivity index is 2.43. The highest BCUT2D eigenvalue weighted by Crippen LogP contribution is 2.27. The highest BCUT2D eigenvalue weighted by molar-refractivity contribution is 9.10. The zero-order chi connectivity index (χ0) is 12.5. The second-order valence-corrected chi connectivity index (χ2v) is 7.86. The summed E-state index contributed by atoms with van der Waals surface area (Å²) in [5.74, 6) is 0.157. The standard InChI is InChI=1S/C10H11BrN2O2S2/c1-2-3-4-17(14,15)10-13-9-8(16-10)5-7(11)6-12-9/h5-6H,2-4H2,1H3. The molecule has 0 aliphatic rings. The number of sulfone groups is 1. The Kier molecular flexibility index (Phi) is 3.79. The van der Waals surface area contributed by atoms with E-state index in [1.807, 2.05) is 13.0 Å². The zero-order valence-corrected chi connectivity index (χ0v) is 12.4. The molecule has 0 amide bonds. The lowest BCUT2D eigenvalue weighted by Crippen LogP contribution is -2.05. The lowest BCUT2D eigenvalue weighted by Gasteiger charge is -1.97. The molecule has 0 atom stereocenters. The van der Waals surface area contributed by atoms with Gasteiger partial charge < -0.3 is 0 Å². The molecule has 0 N–H and O–H groups in total. The highest BCUT2D eigenvalue weighted by Gasteiger charge is 2.19. The fourth-order valence-electron chi connectivity index (χ4n) is 1.33. The lowest BCUT2D eigenvalue weighted by atomic mass is 10.4. The molecule has 0 aromatic carbocycles. The van der Waals surface area contributed by atoms with E-state index in [9.17, 15) is 8.42 Å². The number of thiazole rings is 1. The Morgan fingerprint density at radius 1 is 1.47 bits per heavy atom. The Hall–Kier alpha value is -0.530. The zero-order valence-electron chi connectivity index (χ0n) is 9.18. The molecule has 2 aromatic rings. The third-order valence-electron chi connectivity index (χ3n) is 2.23. The summed E-state index contributed by atoms with van der Waals surface area (Å²) in [5, 5.41) is 0. The van der Waals surface area contributed by atoms with Gasteiger partial charge in [0.2, 0.25) is 14.2 Å². The predicted molar refractivity (Wildman–Crippen MR) is 72.1 cm³/mol. The van der Waals surface area contributed by atoms with Gasteiger partial charge in [0.15, 0.2) is 5.65 Å². The van der Waals surface area contributed by atoms with Gasteiger partial charge in [-0.2, -0.15) is 0 Å². The summed E-state index contributed by atoms with van der Waals surface area (Å²) < 4.78 is 25.7. The first-order chi connectivity index (χ1) is 8.03. The molecular formula is C10H11BrN2O2S2. The van der Waals surface area contributed by atoms with Crippen molar-refractivity contribution in [3.05, 3.63) is 16.7 Å². The van der Waals surface area contributed by atoms with Crippen molar-refractivity contribution in [1.82, 2.24) is 9.97 Å². The minimum absolute atomic E-state index is 0.157. The number of hydrogen-bond acceptors (Lipinski definition) is 5. The number of pyridine rings is 1. The maximum Gasteiger partial charge on any atom is 0.211 e. The summed E-state index contributed by atoms with van der Waals surface area (Å²) in [7, 11) is -3.25. The van der Waals surface area contributed by atoms with Crippen LogP contribution >= 0.6 is 27.3 Å². The van der Waals surface area contributed by atoms with E-state index in [2.05, 4.69) is 25.9 Å². The lowest BCUT2D eigenvalue weighted by molar-refractivity contribution is 0.592.